The SMILES string of the molecule is O=C(c1ccc(N2CCCC2)nn1)N(Cc1ccccc1)c1ccccc1. The van der Waals surface area contributed by atoms with E-state index in [0.29, 0.717) is 12.2 Å². The Balaban J connectivity index is 1.60. The van der Waals surface area contributed by atoms with Crippen LogP contribution in [0.4, 0.5) is 11.5 Å². The number of anilines is 2. The molecule has 5 heteroatoms. The third-order valence-electron chi connectivity index (χ3n) is 4.80. The van der Waals surface area contributed by atoms with Crippen LogP contribution in [0.5, 0.6) is 0 Å². The van der Waals surface area contributed by atoms with E-state index in [-0.39, 0.29) is 5.91 Å². The molecule has 0 saturated carbocycles. The first-order chi connectivity index (χ1) is 13.3. The van der Waals surface area contributed by atoms with Gasteiger partial charge in [0.15, 0.2) is 11.5 Å². The molecule has 0 atom stereocenters. The number of carbonyl (C=O) groups is 1. The predicted molar refractivity (Wildman–Crippen MR) is 107 cm³/mol. The molecule has 0 bridgehead atoms. The number of hydrogen-bond acceptors (Lipinski definition) is 4. The molecule has 1 amide bonds. The minimum Gasteiger partial charge on any atom is -0.355 e. The third kappa shape index (κ3) is 3.97. The van der Waals surface area contributed by atoms with E-state index >= 15 is 0 Å². The Morgan fingerprint density at radius 2 is 1.52 bits per heavy atom. The lowest BCUT2D eigenvalue weighted by Crippen LogP contribution is -2.31. The number of hydrogen-bond donors (Lipinski definition) is 0. The molecule has 4 rings (SSSR count). The fourth-order valence-electron chi connectivity index (χ4n) is 3.35. The molecule has 27 heavy (non-hydrogen) atoms. The van der Waals surface area contributed by atoms with E-state index in [2.05, 4.69) is 15.1 Å². The van der Waals surface area contributed by atoms with E-state index in [1.54, 1.807) is 11.0 Å². The summed E-state index contributed by atoms with van der Waals surface area (Å²) in [6.07, 6.45) is 2.36. The quantitative estimate of drug-likeness (QED) is 0.693. The van der Waals surface area contributed by atoms with Gasteiger partial charge in [0.05, 0.1) is 6.54 Å². The van der Waals surface area contributed by atoms with Crippen LogP contribution in [0.25, 0.3) is 0 Å². The molecule has 136 valence electrons. The summed E-state index contributed by atoms with van der Waals surface area (Å²) in [7, 11) is 0. The second-order valence-corrected chi connectivity index (χ2v) is 6.68. The van der Waals surface area contributed by atoms with Crippen LogP contribution >= 0.6 is 0 Å². The zero-order valence-corrected chi connectivity index (χ0v) is 15.2. The molecule has 0 spiro atoms. The number of para-hydroxylation sites is 1. The molecule has 2 heterocycles. The molecule has 0 unspecified atom stereocenters. The maximum atomic E-state index is 13.2. The van der Waals surface area contributed by atoms with Crippen molar-refractivity contribution < 1.29 is 4.79 Å². The molecule has 1 saturated heterocycles. The Hall–Kier alpha value is -3.21. The van der Waals surface area contributed by atoms with Crippen LogP contribution in [0, 0.1) is 0 Å². The highest BCUT2D eigenvalue weighted by atomic mass is 16.2. The molecule has 1 aliphatic rings. The zero-order valence-electron chi connectivity index (χ0n) is 15.2. The van der Waals surface area contributed by atoms with Crippen molar-refractivity contribution in [3.63, 3.8) is 0 Å². The number of aromatic nitrogens is 2. The van der Waals surface area contributed by atoms with Gasteiger partial charge in [-0.05, 0) is 42.7 Å². The summed E-state index contributed by atoms with van der Waals surface area (Å²) in [4.78, 5) is 17.1. The summed E-state index contributed by atoms with van der Waals surface area (Å²) in [5.41, 5.74) is 2.27. The van der Waals surface area contributed by atoms with Gasteiger partial charge < -0.3 is 9.80 Å². The molecule has 1 aliphatic heterocycles. The minimum absolute atomic E-state index is 0.148. The largest absolute Gasteiger partial charge is 0.355 e. The Bertz CT molecular complexity index is 875. The van der Waals surface area contributed by atoms with Gasteiger partial charge in [0, 0.05) is 18.8 Å². The van der Waals surface area contributed by atoms with Crippen molar-refractivity contribution in [2.45, 2.75) is 19.4 Å². The van der Waals surface area contributed by atoms with Gasteiger partial charge in [0.2, 0.25) is 0 Å². The number of carbonyl (C=O) groups excluding carboxylic acids is 1. The van der Waals surface area contributed by atoms with E-state index in [0.717, 1.165) is 30.2 Å². The lowest BCUT2D eigenvalue weighted by atomic mass is 10.2. The van der Waals surface area contributed by atoms with Crippen molar-refractivity contribution in [3.05, 3.63) is 84.1 Å². The van der Waals surface area contributed by atoms with E-state index in [4.69, 9.17) is 0 Å². The van der Waals surface area contributed by atoms with Gasteiger partial charge in [0.25, 0.3) is 5.91 Å². The van der Waals surface area contributed by atoms with Crippen molar-refractivity contribution in [1.82, 2.24) is 10.2 Å². The number of amides is 1. The van der Waals surface area contributed by atoms with Gasteiger partial charge >= 0.3 is 0 Å². The smallest absolute Gasteiger partial charge is 0.279 e. The van der Waals surface area contributed by atoms with Crippen LogP contribution in [0.1, 0.15) is 28.9 Å². The van der Waals surface area contributed by atoms with Gasteiger partial charge in [-0.25, -0.2) is 0 Å². The number of nitrogens with zero attached hydrogens (tertiary/aromatic N) is 4. The van der Waals surface area contributed by atoms with Crippen molar-refractivity contribution in [2.75, 3.05) is 22.9 Å². The normalized spacial score (nSPS) is 13.6. The van der Waals surface area contributed by atoms with E-state index in [9.17, 15) is 4.79 Å². The monoisotopic (exact) mass is 358 g/mol. The molecule has 0 N–H and O–H groups in total. The number of benzene rings is 2. The van der Waals surface area contributed by atoms with Crippen molar-refractivity contribution in [3.8, 4) is 0 Å². The van der Waals surface area contributed by atoms with Gasteiger partial charge in [-0.15, -0.1) is 10.2 Å². The van der Waals surface area contributed by atoms with Crippen LogP contribution < -0.4 is 9.80 Å². The summed E-state index contributed by atoms with van der Waals surface area (Å²) in [6.45, 7) is 2.50. The summed E-state index contributed by atoms with van der Waals surface area (Å²) in [5, 5.41) is 8.52. The highest BCUT2D eigenvalue weighted by Crippen LogP contribution is 2.21. The lowest BCUT2D eigenvalue weighted by molar-refractivity contribution is 0.0979. The Morgan fingerprint density at radius 3 is 2.15 bits per heavy atom. The lowest BCUT2D eigenvalue weighted by Gasteiger charge is -2.23. The average Bonchev–Trinajstić information content (AvgIpc) is 3.28. The topological polar surface area (TPSA) is 49.3 Å². The van der Waals surface area contributed by atoms with E-state index in [1.807, 2.05) is 66.7 Å². The molecule has 0 aliphatic carbocycles. The Labute approximate surface area is 159 Å². The summed E-state index contributed by atoms with van der Waals surface area (Å²) in [5.74, 6) is 0.698. The molecule has 3 aromatic rings. The molecular weight excluding hydrogens is 336 g/mol. The van der Waals surface area contributed by atoms with Crippen LogP contribution in [0.15, 0.2) is 72.8 Å². The number of rotatable bonds is 5. The maximum absolute atomic E-state index is 13.2. The van der Waals surface area contributed by atoms with Crippen molar-refractivity contribution >= 4 is 17.4 Å². The van der Waals surface area contributed by atoms with Crippen LogP contribution in [0.3, 0.4) is 0 Å². The van der Waals surface area contributed by atoms with Gasteiger partial charge in [-0.1, -0.05) is 48.5 Å². The van der Waals surface area contributed by atoms with Crippen molar-refractivity contribution in [1.29, 1.82) is 0 Å². The van der Waals surface area contributed by atoms with Gasteiger partial charge in [-0.2, -0.15) is 0 Å². The second-order valence-electron chi connectivity index (χ2n) is 6.68. The van der Waals surface area contributed by atoms with Gasteiger partial charge in [0.1, 0.15) is 0 Å². The second kappa shape index (κ2) is 7.99. The zero-order chi connectivity index (χ0) is 18.5. The molecular formula is C22H22N4O. The standard InChI is InChI=1S/C22H22N4O/c27-22(20-13-14-21(24-23-20)25-15-7-8-16-25)26(19-11-5-2-6-12-19)17-18-9-3-1-4-10-18/h1-6,9-14H,7-8,15-17H2. The maximum Gasteiger partial charge on any atom is 0.279 e. The summed E-state index contributed by atoms with van der Waals surface area (Å²) < 4.78 is 0. The molecule has 1 aromatic heterocycles. The molecule has 1 fully saturated rings. The fraction of sp³-hybridized carbons (Fsp3) is 0.227. The van der Waals surface area contributed by atoms with Crippen LogP contribution in [0.2, 0.25) is 0 Å². The summed E-state index contributed by atoms with van der Waals surface area (Å²) in [6, 6.07) is 23.3. The first-order valence-corrected chi connectivity index (χ1v) is 9.31. The minimum atomic E-state index is -0.148. The van der Waals surface area contributed by atoms with E-state index < -0.39 is 0 Å². The Morgan fingerprint density at radius 1 is 0.852 bits per heavy atom. The third-order valence-corrected chi connectivity index (χ3v) is 4.80. The molecule has 5 nitrogen and oxygen atoms in total. The Kier molecular flexibility index (Phi) is 5.10. The first-order valence-electron chi connectivity index (χ1n) is 9.31. The van der Waals surface area contributed by atoms with Crippen molar-refractivity contribution in [2.24, 2.45) is 0 Å². The van der Waals surface area contributed by atoms with Crippen LogP contribution in [-0.4, -0.2) is 29.2 Å². The van der Waals surface area contributed by atoms with Crippen LogP contribution in [-0.2, 0) is 6.54 Å². The van der Waals surface area contributed by atoms with E-state index in [1.165, 1.54) is 12.8 Å². The highest BCUT2D eigenvalue weighted by molar-refractivity contribution is 6.04. The van der Waals surface area contributed by atoms with Gasteiger partial charge in [-0.3, -0.25) is 4.79 Å². The fourth-order valence-corrected chi connectivity index (χ4v) is 3.35. The highest BCUT2D eigenvalue weighted by Gasteiger charge is 2.21. The molecule has 0 radical (unpaired) electrons. The summed E-state index contributed by atoms with van der Waals surface area (Å²) >= 11 is 0. The first kappa shape index (κ1) is 17.2. The average molecular weight is 358 g/mol. The molecule has 2 aromatic carbocycles. The predicted octanol–water partition coefficient (Wildman–Crippen LogP) is 3.92.